The maximum Gasteiger partial charge on any atom is 0.270 e. The van der Waals surface area contributed by atoms with Gasteiger partial charge in [-0.15, -0.1) is 0 Å². The minimum atomic E-state index is -0.484. The molecule has 0 aliphatic carbocycles. The highest BCUT2D eigenvalue weighted by molar-refractivity contribution is 6.00. The molecule has 1 fully saturated rings. The van der Waals surface area contributed by atoms with Crippen LogP contribution in [-0.4, -0.2) is 38.1 Å². The van der Waals surface area contributed by atoms with Crippen molar-refractivity contribution in [3.63, 3.8) is 0 Å². The molecule has 0 spiro atoms. The lowest BCUT2D eigenvalue weighted by Crippen LogP contribution is -2.32. The lowest BCUT2D eigenvalue weighted by Gasteiger charge is -2.30. The number of amides is 1. The van der Waals surface area contributed by atoms with Gasteiger partial charge < -0.3 is 19.7 Å². The van der Waals surface area contributed by atoms with Gasteiger partial charge in [0.25, 0.3) is 11.6 Å². The van der Waals surface area contributed by atoms with Gasteiger partial charge in [-0.1, -0.05) is 0 Å². The molecule has 1 saturated heterocycles. The normalized spacial score (nSPS) is 13.7. The average molecular weight is 399 g/mol. The number of piperidine rings is 1. The number of hydrogen-bond donors (Lipinski definition) is 1. The number of nitro groups is 1. The zero-order valence-corrected chi connectivity index (χ0v) is 16.6. The van der Waals surface area contributed by atoms with Crippen LogP contribution in [0, 0.1) is 10.1 Å². The Balaban J connectivity index is 1.85. The second kappa shape index (κ2) is 9.27. The van der Waals surface area contributed by atoms with E-state index in [1.165, 1.54) is 12.1 Å². The van der Waals surface area contributed by atoms with Gasteiger partial charge in [0.2, 0.25) is 0 Å². The van der Waals surface area contributed by atoms with E-state index in [4.69, 9.17) is 9.47 Å². The molecule has 0 saturated carbocycles. The van der Waals surface area contributed by atoms with Gasteiger partial charge >= 0.3 is 0 Å². The van der Waals surface area contributed by atoms with Crippen molar-refractivity contribution in [1.82, 2.24) is 5.32 Å². The first-order valence-corrected chi connectivity index (χ1v) is 9.56. The molecular formula is C21H25N3O5. The number of rotatable bonds is 7. The third-order valence-electron chi connectivity index (χ3n) is 5.06. The lowest BCUT2D eigenvalue weighted by atomic mass is 10.1. The van der Waals surface area contributed by atoms with Crippen LogP contribution in [0.5, 0.6) is 11.5 Å². The van der Waals surface area contributed by atoms with Crippen LogP contribution in [-0.2, 0) is 6.54 Å². The number of nitrogens with one attached hydrogen (secondary N) is 1. The predicted molar refractivity (Wildman–Crippen MR) is 110 cm³/mol. The summed E-state index contributed by atoms with van der Waals surface area (Å²) in [6, 6.07) is 9.81. The molecule has 0 radical (unpaired) electrons. The Labute approximate surface area is 169 Å². The van der Waals surface area contributed by atoms with Crippen molar-refractivity contribution in [3.05, 3.63) is 57.6 Å². The molecule has 0 unspecified atom stereocenters. The molecule has 154 valence electrons. The molecule has 1 aliphatic rings. The molecule has 29 heavy (non-hydrogen) atoms. The van der Waals surface area contributed by atoms with Crippen LogP contribution >= 0.6 is 0 Å². The number of anilines is 1. The van der Waals surface area contributed by atoms with Crippen molar-refractivity contribution in [2.45, 2.75) is 25.8 Å². The van der Waals surface area contributed by atoms with Crippen LogP contribution in [0.1, 0.15) is 35.2 Å². The van der Waals surface area contributed by atoms with Crippen LogP contribution in [0.25, 0.3) is 0 Å². The standard InChI is InChI=1S/C21H25N3O5/c1-28-17-7-9-20(29-2)15(12-17)14-22-21(25)18-13-16(24(26)27)6-8-19(18)23-10-4-3-5-11-23/h6-9,12-13H,3-5,10-11,14H2,1-2H3,(H,22,25). The SMILES string of the molecule is COc1ccc(OC)c(CNC(=O)c2cc([N+](=O)[O-])ccc2N2CCCCC2)c1. The first-order valence-electron chi connectivity index (χ1n) is 9.56. The molecule has 1 amide bonds. The van der Waals surface area contributed by atoms with E-state index in [1.54, 1.807) is 38.5 Å². The molecule has 0 bridgehead atoms. The zero-order chi connectivity index (χ0) is 20.8. The molecule has 0 aromatic heterocycles. The van der Waals surface area contributed by atoms with Gasteiger partial charge in [-0.3, -0.25) is 14.9 Å². The van der Waals surface area contributed by atoms with Crippen LogP contribution in [0.2, 0.25) is 0 Å². The topological polar surface area (TPSA) is 93.9 Å². The Kier molecular flexibility index (Phi) is 6.54. The van der Waals surface area contributed by atoms with E-state index >= 15 is 0 Å². The van der Waals surface area contributed by atoms with Crippen molar-refractivity contribution in [2.24, 2.45) is 0 Å². The fourth-order valence-corrected chi connectivity index (χ4v) is 3.52. The second-order valence-electron chi connectivity index (χ2n) is 6.87. The van der Waals surface area contributed by atoms with Gasteiger partial charge in [-0.05, 0) is 43.5 Å². The second-order valence-corrected chi connectivity index (χ2v) is 6.87. The Morgan fingerprint density at radius 3 is 2.52 bits per heavy atom. The quantitative estimate of drug-likeness (QED) is 0.565. The highest BCUT2D eigenvalue weighted by Crippen LogP contribution is 2.29. The summed E-state index contributed by atoms with van der Waals surface area (Å²) in [6.07, 6.45) is 3.23. The average Bonchev–Trinajstić information content (AvgIpc) is 2.77. The van der Waals surface area contributed by atoms with Crippen molar-refractivity contribution < 1.29 is 19.2 Å². The maximum absolute atomic E-state index is 13.0. The number of carbonyl (C=O) groups excluding carboxylic acids is 1. The molecule has 1 heterocycles. The van der Waals surface area contributed by atoms with E-state index < -0.39 is 4.92 Å². The van der Waals surface area contributed by atoms with Crippen molar-refractivity contribution in [1.29, 1.82) is 0 Å². The summed E-state index contributed by atoms with van der Waals surface area (Å²) in [5, 5.41) is 14.1. The summed E-state index contributed by atoms with van der Waals surface area (Å²) in [4.78, 5) is 25.8. The highest BCUT2D eigenvalue weighted by Gasteiger charge is 2.22. The fraction of sp³-hybridized carbons (Fsp3) is 0.381. The Bertz CT molecular complexity index is 894. The van der Waals surface area contributed by atoms with E-state index in [-0.39, 0.29) is 18.1 Å². The number of benzene rings is 2. The summed E-state index contributed by atoms with van der Waals surface area (Å²) < 4.78 is 10.6. The third kappa shape index (κ3) is 4.77. The highest BCUT2D eigenvalue weighted by atomic mass is 16.6. The van der Waals surface area contributed by atoms with E-state index in [2.05, 4.69) is 10.2 Å². The predicted octanol–water partition coefficient (Wildman–Crippen LogP) is 3.53. The first kappa shape index (κ1) is 20.4. The minimum Gasteiger partial charge on any atom is -0.497 e. The molecule has 2 aromatic carbocycles. The van der Waals surface area contributed by atoms with Crippen LogP contribution in [0.3, 0.4) is 0 Å². The smallest absolute Gasteiger partial charge is 0.270 e. The van der Waals surface area contributed by atoms with Crippen LogP contribution in [0.4, 0.5) is 11.4 Å². The summed E-state index contributed by atoms with van der Waals surface area (Å²) in [5.41, 5.74) is 1.69. The first-order chi connectivity index (χ1) is 14.0. The van der Waals surface area contributed by atoms with Gasteiger partial charge in [-0.25, -0.2) is 0 Å². The maximum atomic E-state index is 13.0. The van der Waals surface area contributed by atoms with Crippen molar-refractivity contribution in [3.8, 4) is 11.5 Å². The number of ether oxygens (including phenoxy) is 2. The Hall–Kier alpha value is -3.29. The summed E-state index contributed by atoms with van der Waals surface area (Å²) in [7, 11) is 3.13. The van der Waals surface area contributed by atoms with Crippen LogP contribution < -0.4 is 19.7 Å². The van der Waals surface area contributed by atoms with Gasteiger partial charge in [-0.2, -0.15) is 0 Å². The van der Waals surface area contributed by atoms with Crippen molar-refractivity contribution in [2.75, 3.05) is 32.2 Å². The van der Waals surface area contributed by atoms with Crippen molar-refractivity contribution >= 4 is 17.3 Å². The van der Waals surface area contributed by atoms with E-state index in [1.807, 2.05) is 0 Å². The molecule has 1 aliphatic heterocycles. The van der Waals surface area contributed by atoms with E-state index in [0.29, 0.717) is 17.1 Å². The lowest BCUT2D eigenvalue weighted by molar-refractivity contribution is -0.384. The monoisotopic (exact) mass is 399 g/mol. The van der Waals surface area contributed by atoms with Gasteiger partial charge in [0.1, 0.15) is 11.5 Å². The van der Waals surface area contributed by atoms with E-state index in [0.717, 1.165) is 43.6 Å². The summed E-state index contributed by atoms with van der Waals surface area (Å²) in [5.74, 6) is 0.917. The Morgan fingerprint density at radius 1 is 1.10 bits per heavy atom. The molecule has 8 nitrogen and oxygen atoms in total. The molecule has 8 heteroatoms. The molecule has 0 atom stereocenters. The molecule has 3 rings (SSSR count). The molecular weight excluding hydrogens is 374 g/mol. The Morgan fingerprint density at radius 2 is 1.86 bits per heavy atom. The zero-order valence-electron chi connectivity index (χ0n) is 16.6. The summed E-state index contributed by atoms with van der Waals surface area (Å²) in [6.45, 7) is 1.88. The minimum absolute atomic E-state index is 0.102. The van der Waals surface area contributed by atoms with Gasteiger partial charge in [0.05, 0.1) is 30.4 Å². The number of non-ortho nitro benzene ring substituents is 1. The summed E-state index contributed by atoms with van der Waals surface area (Å²) >= 11 is 0. The van der Waals surface area contributed by atoms with Crippen LogP contribution in [0.15, 0.2) is 36.4 Å². The van der Waals surface area contributed by atoms with E-state index in [9.17, 15) is 14.9 Å². The fourth-order valence-electron chi connectivity index (χ4n) is 3.52. The third-order valence-corrected chi connectivity index (χ3v) is 5.06. The number of nitrogens with zero attached hydrogens (tertiary/aromatic N) is 2. The number of nitro benzene ring substituents is 1. The number of hydrogen-bond acceptors (Lipinski definition) is 6. The largest absolute Gasteiger partial charge is 0.497 e. The van der Waals surface area contributed by atoms with Gasteiger partial charge in [0.15, 0.2) is 0 Å². The molecule has 1 N–H and O–H groups in total. The number of carbonyl (C=O) groups is 1. The molecule has 2 aromatic rings. The van der Waals surface area contributed by atoms with Gasteiger partial charge in [0, 0.05) is 37.3 Å². The number of methoxy groups -OCH3 is 2.